The van der Waals surface area contributed by atoms with Crippen LogP contribution in [0.25, 0.3) is 0 Å². The van der Waals surface area contributed by atoms with Crippen LogP contribution in [-0.4, -0.2) is 45.3 Å². The minimum Gasteiger partial charge on any atom is -0.390 e. The lowest BCUT2D eigenvalue weighted by Gasteiger charge is -2.20. The van der Waals surface area contributed by atoms with Crippen molar-refractivity contribution in [2.75, 3.05) is 11.4 Å². The van der Waals surface area contributed by atoms with E-state index in [4.69, 9.17) is 9.84 Å². The number of aliphatic hydroxyl groups is 1. The van der Waals surface area contributed by atoms with Crippen molar-refractivity contribution >= 4 is 34.6 Å². The highest BCUT2D eigenvalue weighted by Gasteiger charge is 2.33. The Morgan fingerprint density at radius 1 is 1.52 bits per heavy atom. The third kappa shape index (κ3) is 3.51. The molecule has 1 unspecified atom stereocenters. The van der Waals surface area contributed by atoms with Gasteiger partial charge >= 0.3 is 0 Å². The number of aromatic nitrogens is 3. The Bertz CT molecular complexity index is 711. The number of aliphatic hydroxyl groups excluding tert-OH is 1. The quantitative estimate of drug-likeness (QED) is 0.560. The Hall–Kier alpha value is -1.59. The molecule has 0 spiro atoms. The molecule has 0 bridgehead atoms. The zero-order chi connectivity index (χ0) is 16.4. The average molecular weight is 432 g/mol. The van der Waals surface area contributed by atoms with Crippen molar-refractivity contribution in [2.45, 2.75) is 25.5 Å². The van der Waals surface area contributed by atoms with E-state index in [1.807, 2.05) is 22.6 Å². The van der Waals surface area contributed by atoms with Crippen molar-refractivity contribution in [1.82, 2.24) is 15.0 Å². The Labute approximate surface area is 145 Å². The Balaban J connectivity index is 1.74. The molecule has 2 heterocycles. The van der Waals surface area contributed by atoms with Gasteiger partial charge in [0.05, 0.1) is 25.5 Å². The molecule has 0 aliphatic carbocycles. The zero-order valence-electron chi connectivity index (χ0n) is 12.0. The molecule has 1 aromatic carbocycles. The number of anilines is 1. The van der Waals surface area contributed by atoms with E-state index in [-0.39, 0.29) is 18.5 Å². The number of hydrogen-bond acceptors (Lipinski definition) is 6. The monoisotopic (exact) mass is 432 g/mol. The van der Waals surface area contributed by atoms with E-state index in [1.165, 1.54) is 6.07 Å². The van der Waals surface area contributed by atoms with Crippen LogP contribution < -0.4 is 4.90 Å². The molecule has 122 valence electrons. The van der Waals surface area contributed by atoms with Gasteiger partial charge in [0.15, 0.2) is 12.5 Å². The lowest BCUT2D eigenvalue weighted by molar-refractivity contribution is -0.117. The van der Waals surface area contributed by atoms with Gasteiger partial charge in [-0.15, -0.1) is 5.10 Å². The van der Waals surface area contributed by atoms with E-state index in [9.17, 15) is 9.18 Å². The highest BCUT2D eigenvalue weighted by atomic mass is 127. The van der Waals surface area contributed by atoms with Gasteiger partial charge in [0, 0.05) is 15.8 Å². The minimum atomic E-state index is -0.764. The summed E-state index contributed by atoms with van der Waals surface area (Å²) in [6, 6.07) is 4.81. The van der Waals surface area contributed by atoms with Crippen LogP contribution in [-0.2, 0) is 22.7 Å². The summed E-state index contributed by atoms with van der Waals surface area (Å²) in [4.78, 5) is 13.0. The second-order valence-corrected chi connectivity index (χ2v) is 6.29. The average Bonchev–Trinajstić information content (AvgIpc) is 3.17. The molecule has 1 N–H and O–H groups in total. The highest BCUT2D eigenvalue weighted by Crippen LogP contribution is 2.26. The van der Waals surface area contributed by atoms with Crippen LogP contribution in [0.4, 0.5) is 10.1 Å². The Morgan fingerprint density at radius 3 is 3.00 bits per heavy atom. The van der Waals surface area contributed by atoms with Crippen LogP contribution in [0.5, 0.6) is 0 Å². The SMILES string of the molecule is O=CC1O[C@@H](Cn2cc(CO)nn2)CN1c1ccc(I)c(F)c1. The van der Waals surface area contributed by atoms with Crippen LogP contribution >= 0.6 is 22.6 Å². The van der Waals surface area contributed by atoms with Gasteiger partial charge < -0.3 is 14.7 Å². The lowest BCUT2D eigenvalue weighted by Crippen LogP contribution is -2.31. The number of aldehydes is 1. The molecule has 1 aliphatic heterocycles. The number of benzene rings is 1. The fraction of sp³-hybridized carbons (Fsp3) is 0.357. The van der Waals surface area contributed by atoms with Crippen molar-refractivity contribution in [3.8, 4) is 0 Å². The highest BCUT2D eigenvalue weighted by molar-refractivity contribution is 14.1. The van der Waals surface area contributed by atoms with Crippen molar-refractivity contribution in [3.63, 3.8) is 0 Å². The molecule has 1 saturated heterocycles. The van der Waals surface area contributed by atoms with Crippen LogP contribution in [0.15, 0.2) is 24.4 Å². The Kier molecular flexibility index (Phi) is 4.87. The van der Waals surface area contributed by atoms with E-state index < -0.39 is 6.23 Å². The Morgan fingerprint density at radius 2 is 2.35 bits per heavy atom. The van der Waals surface area contributed by atoms with E-state index in [0.717, 1.165) is 0 Å². The maximum absolute atomic E-state index is 13.7. The van der Waals surface area contributed by atoms with Crippen LogP contribution in [0.1, 0.15) is 5.69 Å². The standard InChI is InChI=1S/C14H14FIN4O3/c15-12-3-10(1-2-13(12)16)20-6-11(23-14(20)8-22)5-19-4-9(7-21)17-18-19/h1-4,8,11,14,21H,5-7H2/t11-,14?/m0/s1. The maximum atomic E-state index is 13.7. The number of hydrogen-bond donors (Lipinski definition) is 1. The number of carbonyl (C=O) groups is 1. The fourth-order valence-electron chi connectivity index (χ4n) is 2.47. The van der Waals surface area contributed by atoms with E-state index in [0.29, 0.717) is 34.3 Å². The largest absolute Gasteiger partial charge is 0.390 e. The predicted octanol–water partition coefficient (Wildman–Crippen LogP) is 0.945. The second-order valence-electron chi connectivity index (χ2n) is 5.13. The van der Waals surface area contributed by atoms with Gasteiger partial charge in [0.25, 0.3) is 0 Å². The van der Waals surface area contributed by atoms with Crippen molar-refractivity contribution in [1.29, 1.82) is 0 Å². The van der Waals surface area contributed by atoms with Crippen molar-refractivity contribution in [3.05, 3.63) is 39.5 Å². The topological polar surface area (TPSA) is 80.5 Å². The van der Waals surface area contributed by atoms with Gasteiger partial charge in [-0.25, -0.2) is 9.07 Å². The molecule has 0 radical (unpaired) electrons. The second kappa shape index (κ2) is 6.89. The summed E-state index contributed by atoms with van der Waals surface area (Å²) in [5.74, 6) is -0.333. The molecule has 2 atom stereocenters. The van der Waals surface area contributed by atoms with Gasteiger partial charge in [0.1, 0.15) is 11.5 Å². The first-order valence-corrected chi connectivity index (χ1v) is 8.01. The molecule has 1 aromatic heterocycles. The zero-order valence-corrected chi connectivity index (χ0v) is 14.1. The van der Waals surface area contributed by atoms with E-state index in [2.05, 4.69) is 10.3 Å². The maximum Gasteiger partial charge on any atom is 0.187 e. The first-order chi connectivity index (χ1) is 11.1. The molecule has 23 heavy (non-hydrogen) atoms. The number of halogens is 2. The molecule has 1 aliphatic rings. The van der Waals surface area contributed by atoms with Crippen LogP contribution in [0.3, 0.4) is 0 Å². The summed E-state index contributed by atoms with van der Waals surface area (Å²) in [5.41, 5.74) is 1.06. The summed E-state index contributed by atoms with van der Waals surface area (Å²) in [6.45, 7) is 0.634. The van der Waals surface area contributed by atoms with Gasteiger partial charge in [-0.05, 0) is 40.8 Å². The molecule has 9 heteroatoms. The van der Waals surface area contributed by atoms with Gasteiger partial charge in [-0.3, -0.25) is 4.79 Å². The van der Waals surface area contributed by atoms with Crippen molar-refractivity contribution < 1.29 is 19.0 Å². The number of carbonyl (C=O) groups excluding carboxylic acids is 1. The third-order valence-electron chi connectivity index (χ3n) is 3.53. The number of ether oxygens (including phenoxy) is 1. The minimum absolute atomic E-state index is 0.184. The summed E-state index contributed by atoms with van der Waals surface area (Å²) < 4.78 is 21.5. The lowest BCUT2D eigenvalue weighted by atomic mass is 10.2. The predicted molar refractivity (Wildman–Crippen MR) is 87.1 cm³/mol. The summed E-state index contributed by atoms with van der Waals surface area (Å²) in [7, 11) is 0. The van der Waals surface area contributed by atoms with Gasteiger partial charge in [-0.2, -0.15) is 0 Å². The molecule has 7 nitrogen and oxygen atoms in total. The summed E-state index contributed by atoms with van der Waals surface area (Å²) >= 11 is 1.91. The van der Waals surface area contributed by atoms with Crippen LogP contribution in [0, 0.1) is 9.39 Å². The fourth-order valence-corrected chi connectivity index (χ4v) is 2.80. The molecule has 2 aromatic rings. The number of nitrogens with zero attached hydrogens (tertiary/aromatic N) is 4. The van der Waals surface area contributed by atoms with Gasteiger partial charge in [0.2, 0.25) is 0 Å². The van der Waals surface area contributed by atoms with E-state index in [1.54, 1.807) is 27.9 Å². The third-order valence-corrected chi connectivity index (χ3v) is 4.40. The molecule has 0 saturated carbocycles. The molecule has 0 amide bonds. The first kappa shape index (κ1) is 16.3. The molecular formula is C14H14FIN4O3. The van der Waals surface area contributed by atoms with Crippen molar-refractivity contribution in [2.24, 2.45) is 0 Å². The summed E-state index contributed by atoms with van der Waals surface area (Å²) in [6.07, 6.45) is 1.25. The number of rotatable bonds is 5. The molecule has 1 fully saturated rings. The normalized spacial score (nSPS) is 20.9. The summed E-state index contributed by atoms with van der Waals surface area (Å²) in [5, 5.41) is 16.7. The first-order valence-electron chi connectivity index (χ1n) is 6.93. The van der Waals surface area contributed by atoms with Crippen LogP contribution in [0.2, 0.25) is 0 Å². The smallest absolute Gasteiger partial charge is 0.187 e. The molecule has 3 rings (SSSR count). The van der Waals surface area contributed by atoms with Gasteiger partial charge in [-0.1, -0.05) is 5.21 Å². The molecular weight excluding hydrogens is 418 g/mol. The van der Waals surface area contributed by atoms with E-state index >= 15 is 0 Å².